The molecular formula is C24H22FN3O4. The number of hydrogen-bond donors (Lipinski definition) is 0. The number of halogens is 1. The second-order valence-electron chi connectivity index (χ2n) is 9.22. The molecule has 2 aromatic carbocycles. The van der Waals surface area contributed by atoms with Crippen molar-refractivity contribution >= 4 is 29.7 Å². The van der Waals surface area contributed by atoms with E-state index in [0.29, 0.717) is 0 Å². The monoisotopic (exact) mass is 435 g/mol. The van der Waals surface area contributed by atoms with Crippen LogP contribution in [0.4, 0.5) is 10.1 Å². The Morgan fingerprint density at radius 1 is 1.03 bits per heavy atom. The maximum Gasteiger partial charge on any atom is 0.331 e. The normalized spacial score (nSPS) is 26.1. The molecule has 8 heteroatoms. The third kappa shape index (κ3) is 3.01. The van der Waals surface area contributed by atoms with Crippen molar-refractivity contribution < 1.29 is 23.5 Å². The van der Waals surface area contributed by atoms with E-state index in [0.717, 1.165) is 22.1 Å². The lowest BCUT2D eigenvalue weighted by atomic mass is 9.85. The smallest absolute Gasteiger partial charge is 0.331 e. The summed E-state index contributed by atoms with van der Waals surface area (Å²) < 4.78 is 19.5. The summed E-state index contributed by atoms with van der Waals surface area (Å²) in [5, 5.41) is 5.99. The Morgan fingerprint density at radius 2 is 1.75 bits per heavy atom. The van der Waals surface area contributed by atoms with Gasteiger partial charge in [-0.25, -0.2) is 14.1 Å². The molecule has 0 bridgehead atoms. The Labute approximate surface area is 184 Å². The first-order valence-electron chi connectivity index (χ1n) is 10.4. The van der Waals surface area contributed by atoms with Crippen molar-refractivity contribution in [2.45, 2.75) is 38.5 Å². The average Bonchev–Trinajstić information content (AvgIpc) is 3.20. The third-order valence-electron chi connectivity index (χ3n) is 6.01. The maximum atomic E-state index is 13.9. The molecule has 5 rings (SSSR count). The van der Waals surface area contributed by atoms with Gasteiger partial charge in [-0.05, 0) is 50.1 Å². The first-order valence-corrected chi connectivity index (χ1v) is 10.4. The van der Waals surface area contributed by atoms with Gasteiger partial charge in [-0.15, -0.1) is 0 Å². The van der Waals surface area contributed by atoms with Crippen LogP contribution >= 0.6 is 0 Å². The number of imide groups is 1. The molecule has 32 heavy (non-hydrogen) atoms. The van der Waals surface area contributed by atoms with Gasteiger partial charge in [0.05, 0.1) is 29.8 Å². The predicted molar refractivity (Wildman–Crippen MR) is 114 cm³/mol. The number of fused-ring (bicyclic) bond motifs is 5. The van der Waals surface area contributed by atoms with Crippen molar-refractivity contribution in [1.29, 1.82) is 0 Å². The Morgan fingerprint density at radius 3 is 2.47 bits per heavy atom. The molecule has 2 fully saturated rings. The highest BCUT2D eigenvalue weighted by Gasteiger charge is 2.66. The number of esters is 1. The van der Waals surface area contributed by atoms with Gasteiger partial charge in [0.15, 0.2) is 6.04 Å². The fourth-order valence-corrected chi connectivity index (χ4v) is 4.87. The van der Waals surface area contributed by atoms with Crippen molar-refractivity contribution in [1.82, 2.24) is 5.01 Å². The number of benzene rings is 2. The molecule has 0 aliphatic carbocycles. The number of carbonyl (C=O) groups is 3. The lowest BCUT2D eigenvalue weighted by Crippen LogP contribution is -2.46. The minimum atomic E-state index is -1.07. The maximum absolute atomic E-state index is 13.9. The van der Waals surface area contributed by atoms with Gasteiger partial charge in [0.2, 0.25) is 11.8 Å². The first kappa shape index (κ1) is 20.4. The zero-order valence-electron chi connectivity index (χ0n) is 17.9. The molecule has 3 aliphatic rings. The quantitative estimate of drug-likeness (QED) is 0.535. The molecule has 2 aromatic rings. The molecule has 0 aromatic heterocycles. The van der Waals surface area contributed by atoms with Gasteiger partial charge in [0.1, 0.15) is 11.4 Å². The van der Waals surface area contributed by atoms with Crippen molar-refractivity contribution in [2.75, 3.05) is 4.90 Å². The van der Waals surface area contributed by atoms with Crippen LogP contribution in [-0.4, -0.2) is 40.7 Å². The van der Waals surface area contributed by atoms with Crippen LogP contribution in [0.25, 0.3) is 0 Å². The third-order valence-corrected chi connectivity index (χ3v) is 6.01. The molecule has 0 spiro atoms. The van der Waals surface area contributed by atoms with Gasteiger partial charge in [-0.3, -0.25) is 14.6 Å². The van der Waals surface area contributed by atoms with E-state index < -0.39 is 53.1 Å². The topological polar surface area (TPSA) is 79.3 Å². The molecule has 3 aliphatic heterocycles. The van der Waals surface area contributed by atoms with Gasteiger partial charge >= 0.3 is 5.97 Å². The lowest BCUT2D eigenvalue weighted by Gasteiger charge is -2.34. The standard InChI is InChI=1S/C24H22FN3O4/c1-24(2,3)32-23(31)20-18-17(19-16-10-5-4-7-13(16)12-26-28(19)20)21(29)27(22(18)30)15-9-6-8-14(25)11-15/h4-12,17-20H,1-3H3/t17-,18+,19?,20-/m0/s1. The highest BCUT2D eigenvalue weighted by molar-refractivity contribution is 6.23. The van der Waals surface area contributed by atoms with E-state index in [1.807, 2.05) is 24.3 Å². The fraction of sp³-hybridized carbons (Fsp3) is 0.333. The Hall–Kier alpha value is -3.55. The largest absolute Gasteiger partial charge is 0.458 e. The molecule has 0 radical (unpaired) electrons. The molecule has 1 unspecified atom stereocenters. The lowest BCUT2D eigenvalue weighted by molar-refractivity contribution is -0.163. The van der Waals surface area contributed by atoms with Crippen LogP contribution in [0.15, 0.2) is 53.6 Å². The van der Waals surface area contributed by atoms with Crippen LogP contribution in [0.2, 0.25) is 0 Å². The fourth-order valence-electron chi connectivity index (χ4n) is 4.87. The van der Waals surface area contributed by atoms with Crippen LogP contribution < -0.4 is 4.90 Å². The molecule has 4 atom stereocenters. The van der Waals surface area contributed by atoms with Crippen molar-refractivity contribution in [3.8, 4) is 0 Å². The number of anilines is 1. The summed E-state index contributed by atoms with van der Waals surface area (Å²) in [6.07, 6.45) is 1.63. The van der Waals surface area contributed by atoms with Gasteiger partial charge in [-0.1, -0.05) is 30.3 Å². The van der Waals surface area contributed by atoms with E-state index in [9.17, 15) is 18.8 Å². The van der Waals surface area contributed by atoms with Gasteiger partial charge in [0.25, 0.3) is 0 Å². The summed E-state index contributed by atoms with van der Waals surface area (Å²) >= 11 is 0. The molecule has 2 amide bonds. The summed E-state index contributed by atoms with van der Waals surface area (Å²) in [6.45, 7) is 5.22. The van der Waals surface area contributed by atoms with E-state index in [4.69, 9.17) is 4.74 Å². The minimum Gasteiger partial charge on any atom is -0.458 e. The summed E-state index contributed by atoms with van der Waals surface area (Å²) in [6, 6.07) is 11.1. The van der Waals surface area contributed by atoms with E-state index >= 15 is 0 Å². The number of ether oxygens (including phenoxy) is 1. The van der Waals surface area contributed by atoms with E-state index in [-0.39, 0.29) is 5.69 Å². The second-order valence-corrected chi connectivity index (χ2v) is 9.22. The Bertz CT molecular complexity index is 1170. The van der Waals surface area contributed by atoms with Crippen molar-refractivity contribution in [3.05, 3.63) is 65.5 Å². The highest BCUT2D eigenvalue weighted by Crippen LogP contribution is 2.52. The second kappa shape index (κ2) is 6.98. The van der Waals surface area contributed by atoms with E-state index in [1.165, 1.54) is 23.2 Å². The average molecular weight is 435 g/mol. The van der Waals surface area contributed by atoms with Crippen LogP contribution in [0.5, 0.6) is 0 Å². The molecule has 2 saturated heterocycles. The van der Waals surface area contributed by atoms with Gasteiger partial charge < -0.3 is 4.74 Å². The van der Waals surface area contributed by atoms with E-state index in [1.54, 1.807) is 27.0 Å². The predicted octanol–water partition coefficient (Wildman–Crippen LogP) is 3.05. The minimum absolute atomic E-state index is 0.150. The SMILES string of the molecule is CC(C)(C)OC(=O)[C@@H]1[C@@H]2C(=O)N(c3cccc(F)c3)C(=O)[C@@H]2C2c3ccccc3C=NN21. The zero-order valence-corrected chi connectivity index (χ0v) is 17.9. The molecule has 3 heterocycles. The summed E-state index contributed by atoms with van der Waals surface area (Å²) in [4.78, 5) is 41.4. The first-order chi connectivity index (χ1) is 15.2. The van der Waals surface area contributed by atoms with Crippen LogP contribution in [0, 0.1) is 17.7 Å². The molecule has 7 nitrogen and oxygen atoms in total. The zero-order chi connectivity index (χ0) is 22.8. The Balaban J connectivity index is 1.63. The molecular weight excluding hydrogens is 413 g/mol. The Kier molecular flexibility index (Phi) is 4.44. The highest BCUT2D eigenvalue weighted by atomic mass is 19.1. The number of amides is 2. The van der Waals surface area contributed by atoms with Crippen molar-refractivity contribution in [2.24, 2.45) is 16.9 Å². The number of nitrogens with zero attached hydrogens (tertiary/aromatic N) is 3. The van der Waals surface area contributed by atoms with Gasteiger partial charge in [0, 0.05) is 0 Å². The number of hydrazone groups is 1. The molecule has 0 saturated carbocycles. The van der Waals surface area contributed by atoms with Gasteiger partial charge in [-0.2, -0.15) is 5.10 Å². The summed E-state index contributed by atoms with van der Waals surface area (Å²) in [5.74, 6) is -4.04. The molecule has 0 N–H and O–H groups in total. The van der Waals surface area contributed by atoms with Crippen LogP contribution in [0.1, 0.15) is 37.9 Å². The summed E-state index contributed by atoms with van der Waals surface area (Å²) in [7, 11) is 0. The summed E-state index contributed by atoms with van der Waals surface area (Å²) in [5.41, 5.74) is 1.000. The molecule has 164 valence electrons. The number of rotatable bonds is 2. The number of hydrogen-bond acceptors (Lipinski definition) is 6. The van der Waals surface area contributed by atoms with Crippen molar-refractivity contribution in [3.63, 3.8) is 0 Å². The van der Waals surface area contributed by atoms with Crippen LogP contribution in [0.3, 0.4) is 0 Å². The number of carbonyl (C=O) groups excluding carboxylic acids is 3. The van der Waals surface area contributed by atoms with E-state index in [2.05, 4.69) is 5.10 Å². The van der Waals surface area contributed by atoms with Crippen LogP contribution in [-0.2, 0) is 19.1 Å².